The molecule has 2 aromatic rings. The third kappa shape index (κ3) is 2.07. The van der Waals surface area contributed by atoms with Crippen molar-refractivity contribution in [2.24, 2.45) is 5.73 Å². The molecule has 1 atom stereocenters. The molecule has 0 saturated heterocycles. The van der Waals surface area contributed by atoms with Crippen LogP contribution in [0.4, 0.5) is 0 Å². The van der Waals surface area contributed by atoms with Crippen molar-refractivity contribution in [3.8, 4) is 0 Å². The minimum Gasteiger partial charge on any atom is -0.320 e. The summed E-state index contributed by atoms with van der Waals surface area (Å²) in [4.78, 5) is 1.18. The normalized spacial score (nSPS) is 12.7. The molecule has 15 heavy (non-hydrogen) atoms. The zero-order valence-electron chi connectivity index (χ0n) is 8.41. The molecule has 0 aliphatic carbocycles. The molecule has 78 valence electrons. The minimum absolute atomic E-state index is 0.112. The van der Waals surface area contributed by atoms with Crippen molar-refractivity contribution in [2.75, 3.05) is 0 Å². The monoisotopic (exact) mass is 237 g/mol. The number of hydrogen-bond donors (Lipinski definition) is 1. The Labute approximate surface area is 98.5 Å². The maximum atomic E-state index is 6.19. The van der Waals surface area contributed by atoms with E-state index in [0.29, 0.717) is 0 Å². The highest BCUT2D eigenvalue weighted by molar-refractivity contribution is 7.10. The summed E-state index contributed by atoms with van der Waals surface area (Å²) in [5.41, 5.74) is 8.41. The van der Waals surface area contributed by atoms with Crippen LogP contribution >= 0.6 is 22.9 Å². The summed E-state index contributed by atoms with van der Waals surface area (Å²) < 4.78 is 0. The van der Waals surface area contributed by atoms with Crippen molar-refractivity contribution in [1.82, 2.24) is 0 Å². The van der Waals surface area contributed by atoms with Crippen LogP contribution < -0.4 is 5.73 Å². The summed E-state index contributed by atoms with van der Waals surface area (Å²) in [5.74, 6) is 0. The molecule has 0 saturated carbocycles. The Kier molecular flexibility index (Phi) is 3.10. The van der Waals surface area contributed by atoms with E-state index in [9.17, 15) is 0 Å². The predicted molar refractivity (Wildman–Crippen MR) is 66.5 cm³/mol. The van der Waals surface area contributed by atoms with E-state index in [1.807, 2.05) is 24.3 Å². The quantitative estimate of drug-likeness (QED) is 0.846. The average Bonchev–Trinajstić information content (AvgIpc) is 2.64. The van der Waals surface area contributed by atoms with Gasteiger partial charge in [-0.3, -0.25) is 0 Å². The van der Waals surface area contributed by atoms with Crippen LogP contribution in [0, 0.1) is 6.92 Å². The van der Waals surface area contributed by atoms with Crippen molar-refractivity contribution >= 4 is 22.9 Å². The van der Waals surface area contributed by atoms with E-state index < -0.39 is 0 Å². The lowest BCUT2D eigenvalue weighted by molar-refractivity contribution is 0.885. The third-order valence-corrected chi connectivity index (χ3v) is 3.87. The number of thiophene rings is 1. The molecule has 2 N–H and O–H groups in total. The standard InChI is InChI=1S/C12H12ClNS/c1-8-6-7-15-12(8)11(14)9-4-2-3-5-10(9)13/h2-7,11H,14H2,1H3. The molecule has 1 nitrogen and oxygen atoms in total. The van der Waals surface area contributed by atoms with Crippen LogP contribution in [-0.2, 0) is 0 Å². The second kappa shape index (κ2) is 4.35. The summed E-state index contributed by atoms with van der Waals surface area (Å²) in [6.07, 6.45) is 0. The smallest absolute Gasteiger partial charge is 0.0663 e. The molecule has 0 bridgehead atoms. The molecule has 3 heteroatoms. The number of aryl methyl sites for hydroxylation is 1. The van der Waals surface area contributed by atoms with Gasteiger partial charge in [0.25, 0.3) is 0 Å². The predicted octanol–water partition coefficient (Wildman–Crippen LogP) is 3.76. The zero-order valence-corrected chi connectivity index (χ0v) is 9.98. The molecule has 1 aromatic heterocycles. The van der Waals surface area contributed by atoms with Crippen LogP contribution in [0.3, 0.4) is 0 Å². The summed E-state index contributed by atoms with van der Waals surface area (Å²) in [6, 6.07) is 9.70. The zero-order chi connectivity index (χ0) is 10.8. The average molecular weight is 238 g/mol. The maximum Gasteiger partial charge on any atom is 0.0663 e. The molecular weight excluding hydrogens is 226 g/mol. The molecule has 0 spiro atoms. The maximum absolute atomic E-state index is 6.19. The molecule has 2 rings (SSSR count). The van der Waals surface area contributed by atoms with Gasteiger partial charge in [-0.1, -0.05) is 29.8 Å². The summed E-state index contributed by atoms with van der Waals surface area (Å²) in [6.45, 7) is 2.07. The Morgan fingerprint density at radius 1 is 1.27 bits per heavy atom. The Balaban J connectivity index is 2.41. The molecule has 0 aliphatic rings. The van der Waals surface area contributed by atoms with Gasteiger partial charge in [-0.2, -0.15) is 0 Å². The van der Waals surface area contributed by atoms with Gasteiger partial charge < -0.3 is 5.73 Å². The lowest BCUT2D eigenvalue weighted by atomic mass is 10.0. The van der Waals surface area contributed by atoms with E-state index in [1.165, 1.54) is 10.4 Å². The topological polar surface area (TPSA) is 26.0 Å². The fraction of sp³-hybridized carbons (Fsp3) is 0.167. The Bertz CT molecular complexity index is 464. The second-order valence-electron chi connectivity index (χ2n) is 3.47. The molecule has 0 aliphatic heterocycles. The van der Waals surface area contributed by atoms with Gasteiger partial charge >= 0.3 is 0 Å². The molecule has 0 amide bonds. The highest BCUT2D eigenvalue weighted by Crippen LogP contribution is 2.31. The van der Waals surface area contributed by atoms with Crippen LogP contribution in [0.1, 0.15) is 22.0 Å². The first-order chi connectivity index (χ1) is 7.20. The van der Waals surface area contributed by atoms with Crippen LogP contribution in [0.2, 0.25) is 5.02 Å². The highest BCUT2D eigenvalue weighted by Gasteiger charge is 2.14. The van der Waals surface area contributed by atoms with Crippen molar-refractivity contribution in [3.63, 3.8) is 0 Å². The Morgan fingerprint density at radius 2 is 2.00 bits per heavy atom. The highest BCUT2D eigenvalue weighted by atomic mass is 35.5. The molecule has 0 radical (unpaired) electrons. The van der Waals surface area contributed by atoms with Gasteiger partial charge in [0.1, 0.15) is 0 Å². The summed E-state index contributed by atoms with van der Waals surface area (Å²) in [7, 11) is 0. The van der Waals surface area contributed by atoms with E-state index in [-0.39, 0.29) is 6.04 Å². The first-order valence-electron chi connectivity index (χ1n) is 4.74. The van der Waals surface area contributed by atoms with Crippen LogP contribution in [0.5, 0.6) is 0 Å². The van der Waals surface area contributed by atoms with E-state index in [2.05, 4.69) is 18.4 Å². The largest absolute Gasteiger partial charge is 0.320 e. The number of hydrogen-bond acceptors (Lipinski definition) is 2. The van der Waals surface area contributed by atoms with Gasteiger partial charge in [0, 0.05) is 9.90 Å². The SMILES string of the molecule is Cc1ccsc1C(N)c1ccccc1Cl. The van der Waals surface area contributed by atoms with Gasteiger partial charge in [-0.25, -0.2) is 0 Å². The number of nitrogens with two attached hydrogens (primary N) is 1. The number of halogens is 1. The van der Waals surface area contributed by atoms with E-state index in [1.54, 1.807) is 11.3 Å². The lowest BCUT2D eigenvalue weighted by Gasteiger charge is -2.13. The van der Waals surface area contributed by atoms with Crippen molar-refractivity contribution in [1.29, 1.82) is 0 Å². The minimum atomic E-state index is -0.112. The second-order valence-corrected chi connectivity index (χ2v) is 4.82. The molecular formula is C12H12ClNS. The van der Waals surface area contributed by atoms with Gasteiger partial charge in [-0.05, 0) is 35.6 Å². The third-order valence-electron chi connectivity index (χ3n) is 2.42. The molecule has 0 fully saturated rings. The fourth-order valence-electron chi connectivity index (χ4n) is 1.57. The van der Waals surface area contributed by atoms with Gasteiger partial charge in [0.15, 0.2) is 0 Å². The van der Waals surface area contributed by atoms with E-state index >= 15 is 0 Å². The lowest BCUT2D eigenvalue weighted by Crippen LogP contribution is -2.11. The number of benzene rings is 1. The van der Waals surface area contributed by atoms with E-state index in [0.717, 1.165) is 10.6 Å². The fourth-order valence-corrected chi connectivity index (χ4v) is 2.77. The van der Waals surface area contributed by atoms with Crippen LogP contribution in [-0.4, -0.2) is 0 Å². The molecule has 1 unspecified atom stereocenters. The first kappa shape index (κ1) is 10.7. The van der Waals surface area contributed by atoms with E-state index in [4.69, 9.17) is 17.3 Å². The van der Waals surface area contributed by atoms with Crippen LogP contribution in [0.25, 0.3) is 0 Å². The van der Waals surface area contributed by atoms with Gasteiger partial charge in [-0.15, -0.1) is 11.3 Å². The van der Waals surface area contributed by atoms with Crippen molar-refractivity contribution in [3.05, 3.63) is 56.7 Å². The molecule has 1 aromatic carbocycles. The van der Waals surface area contributed by atoms with Gasteiger partial charge in [0.05, 0.1) is 6.04 Å². The molecule has 1 heterocycles. The number of rotatable bonds is 2. The van der Waals surface area contributed by atoms with Crippen LogP contribution in [0.15, 0.2) is 35.7 Å². The van der Waals surface area contributed by atoms with Gasteiger partial charge in [0.2, 0.25) is 0 Å². The summed E-state index contributed by atoms with van der Waals surface area (Å²) in [5, 5.41) is 2.79. The van der Waals surface area contributed by atoms with Crippen molar-refractivity contribution in [2.45, 2.75) is 13.0 Å². The first-order valence-corrected chi connectivity index (χ1v) is 6.00. The Hall–Kier alpha value is -0.830. The van der Waals surface area contributed by atoms with Crippen molar-refractivity contribution < 1.29 is 0 Å². The Morgan fingerprint density at radius 3 is 2.60 bits per heavy atom. The summed E-state index contributed by atoms with van der Waals surface area (Å²) >= 11 is 7.79.